The third kappa shape index (κ3) is 8.39. The van der Waals surface area contributed by atoms with Crippen LogP contribution in [0, 0.1) is 5.92 Å². The van der Waals surface area contributed by atoms with E-state index in [9.17, 15) is 0 Å². The van der Waals surface area contributed by atoms with Gasteiger partial charge in [0, 0.05) is 6.61 Å². The highest BCUT2D eigenvalue weighted by Crippen LogP contribution is 2.17. The van der Waals surface area contributed by atoms with Crippen LogP contribution in [-0.4, -0.2) is 25.8 Å². The summed E-state index contributed by atoms with van der Waals surface area (Å²) in [6, 6.07) is 0. The maximum absolute atomic E-state index is 5.60. The van der Waals surface area contributed by atoms with E-state index < -0.39 is 0 Å². The molecule has 0 aliphatic carbocycles. The number of nitrogens with one attached hydrogen (secondary N) is 1. The molecule has 1 rings (SSSR count). The molecule has 2 nitrogen and oxygen atoms in total. The summed E-state index contributed by atoms with van der Waals surface area (Å²) in [5.41, 5.74) is 0. The van der Waals surface area contributed by atoms with Crippen molar-refractivity contribution in [3.8, 4) is 0 Å². The van der Waals surface area contributed by atoms with Crippen molar-refractivity contribution in [2.75, 3.05) is 19.7 Å². The summed E-state index contributed by atoms with van der Waals surface area (Å²) < 4.78 is 5.60. The third-order valence-electron chi connectivity index (χ3n) is 3.13. The molecule has 0 saturated carbocycles. The lowest BCUT2D eigenvalue weighted by Crippen LogP contribution is -2.20. The Labute approximate surface area is 107 Å². The van der Waals surface area contributed by atoms with Gasteiger partial charge in [-0.05, 0) is 57.5 Å². The molecule has 0 radical (unpaired) electrons. The number of allylic oxidation sites excluding steroid dienone is 1. The smallest absolute Gasteiger partial charge is 0.0576 e. The minimum Gasteiger partial charge on any atom is -0.378 e. The molecule has 100 valence electrons. The molecule has 1 aliphatic heterocycles. The summed E-state index contributed by atoms with van der Waals surface area (Å²) >= 11 is 0. The molecule has 1 aliphatic rings. The topological polar surface area (TPSA) is 21.3 Å². The molecular weight excluding hydrogens is 210 g/mol. The predicted molar refractivity (Wildman–Crippen MR) is 74.3 cm³/mol. The summed E-state index contributed by atoms with van der Waals surface area (Å²) in [6.45, 7) is 7.72. The summed E-state index contributed by atoms with van der Waals surface area (Å²) in [5, 5.41) is 3.45. The summed E-state index contributed by atoms with van der Waals surface area (Å²) in [4.78, 5) is 0. The SMILES string of the molecule is CC(C)CNCCC=CCCCC1CCCO1. The van der Waals surface area contributed by atoms with E-state index in [1.165, 1.54) is 32.1 Å². The van der Waals surface area contributed by atoms with E-state index in [1.54, 1.807) is 0 Å². The zero-order valence-corrected chi connectivity index (χ0v) is 11.6. The molecule has 0 aromatic heterocycles. The summed E-state index contributed by atoms with van der Waals surface area (Å²) in [5.74, 6) is 0.755. The Kier molecular flexibility index (Phi) is 8.37. The van der Waals surface area contributed by atoms with E-state index in [4.69, 9.17) is 4.74 Å². The standard InChI is InChI=1S/C15H29NO/c1-14(2)13-16-11-7-5-3-4-6-9-15-10-8-12-17-15/h3,5,14-16H,4,6-13H2,1-2H3. The van der Waals surface area contributed by atoms with E-state index in [0.29, 0.717) is 6.10 Å². The lowest BCUT2D eigenvalue weighted by molar-refractivity contribution is 0.103. The van der Waals surface area contributed by atoms with Gasteiger partial charge in [0.2, 0.25) is 0 Å². The minimum absolute atomic E-state index is 0.566. The Morgan fingerprint density at radius 1 is 1.29 bits per heavy atom. The van der Waals surface area contributed by atoms with Crippen molar-refractivity contribution in [3.63, 3.8) is 0 Å². The zero-order chi connectivity index (χ0) is 12.3. The van der Waals surface area contributed by atoms with Gasteiger partial charge < -0.3 is 10.1 Å². The number of hydrogen-bond acceptors (Lipinski definition) is 2. The monoisotopic (exact) mass is 239 g/mol. The molecule has 17 heavy (non-hydrogen) atoms. The average molecular weight is 239 g/mol. The minimum atomic E-state index is 0.566. The van der Waals surface area contributed by atoms with Gasteiger partial charge in [0.15, 0.2) is 0 Å². The molecule has 1 fully saturated rings. The zero-order valence-electron chi connectivity index (χ0n) is 11.6. The fourth-order valence-corrected chi connectivity index (χ4v) is 2.15. The molecule has 1 N–H and O–H groups in total. The van der Waals surface area contributed by atoms with Crippen LogP contribution in [0.15, 0.2) is 12.2 Å². The molecule has 2 heteroatoms. The van der Waals surface area contributed by atoms with Crippen molar-refractivity contribution in [2.45, 2.75) is 58.5 Å². The molecule has 0 aromatic carbocycles. The highest BCUT2D eigenvalue weighted by Gasteiger charge is 2.13. The van der Waals surface area contributed by atoms with Crippen LogP contribution in [0.1, 0.15) is 52.4 Å². The quantitative estimate of drug-likeness (QED) is 0.491. The van der Waals surface area contributed by atoms with E-state index in [0.717, 1.165) is 32.0 Å². The molecule has 1 atom stereocenters. The first kappa shape index (κ1) is 14.7. The first-order chi connectivity index (χ1) is 8.29. The lowest BCUT2D eigenvalue weighted by atomic mass is 10.1. The number of ether oxygens (including phenoxy) is 1. The van der Waals surface area contributed by atoms with Gasteiger partial charge in [-0.1, -0.05) is 26.0 Å². The van der Waals surface area contributed by atoms with Crippen LogP contribution >= 0.6 is 0 Å². The van der Waals surface area contributed by atoms with Gasteiger partial charge in [0.25, 0.3) is 0 Å². The maximum atomic E-state index is 5.60. The second kappa shape index (κ2) is 9.67. The van der Waals surface area contributed by atoms with E-state index in [2.05, 4.69) is 31.3 Å². The van der Waals surface area contributed by atoms with Crippen LogP contribution in [0.5, 0.6) is 0 Å². The molecular formula is C15H29NO. The van der Waals surface area contributed by atoms with Gasteiger partial charge in [0.1, 0.15) is 0 Å². The molecule has 1 saturated heterocycles. The second-order valence-electron chi connectivity index (χ2n) is 5.42. The Bertz CT molecular complexity index is 195. The second-order valence-corrected chi connectivity index (χ2v) is 5.42. The number of rotatable bonds is 9. The first-order valence-corrected chi connectivity index (χ1v) is 7.26. The number of hydrogen-bond donors (Lipinski definition) is 1. The van der Waals surface area contributed by atoms with Gasteiger partial charge in [-0.3, -0.25) is 0 Å². The molecule has 1 heterocycles. The van der Waals surface area contributed by atoms with Crippen molar-refractivity contribution in [3.05, 3.63) is 12.2 Å². The molecule has 1 unspecified atom stereocenters. The molecule has 0 aromatic rings. The highest BCUT2D eigenvalue weighted by atomic mass is 16.5. The van der Waals surface area contributed by atoms with Gasteiger partial charge in [0.05, 0.1) is 6.10 Å². The first-order valence-electron chi connectivity index (χ1n) is 7.26. The Hall–Kier alpha value is -0.340. The molecule has 0 spiro atoms. The van der Waals surface area contributed by atoms with E-state index in [1.807, 2.05) is 0 Å². The van der Waals surface area contributed by atoms with E-state index >= 15 is 0 Å². The van der Waals surface area contributed by atoms with Gasteiger partial charge >= 0.3 is 0 Å². The van der Waals surface area contributed by atoms with Crippen molar-refractivity contribution in [2.24, 2.45) is 5.92 Å². The largest absolute Gasteiger partial charge is 0.378 e. The summed E-state index contributed by atoms with van der Waals surface area (Å²) in [7, 11) is 0. The highest BCUT2D eigenvalue weighted by molar-refractivity contribution is 4.82. The van der Waals surface area contributed by atoms with Crippen LogP contribution in [0.2, 0.25) is 0 Å². The van der Waals surface area contributed by atoms with Crippen molar-refractivity contribution in [1.29, 1.82) is 0 Å². The van der Waals surface area contributed by atoms with E-state index in [-0.39, 0.29) is 0 Å². The van der Waals surface area contributed by atoms with Gasteiger partial charge in [-0.25, -0.2) is 0 Å². The van der Waals surface area contributed by atoms with Crippen LogP contribution < -0.4 is 5.32 Å². The Balaban J connectivity index is 1.81. The third-order valence-corrected chi connectivity index (χ3v) is 3.13. The lowest BCUT2D eigenvalue weighted by Gasteiger charge is -2.07. The number of unbranched alkanes of at least 4 members (excludes halogenated alkanes) is 1. The fraction of sp³-hybridized carbons (Fsp3) is 0.867. The summed E-state index contributed by atoms with van der Waals surface area (Å²) in [6.07, 6.45) is 12.6. The van der Waals surface area contributed by atoms with Crippen LogP contribution in [0.25, 0.3) is 0 Å². The van der Waals surface area contributed by atoms with Crippen LogP contribution in [0.3, 0.4) is 0 Å². The van der Waals surface area contributed by atoms with Crippen molar-refractivity contribution in [1.82, 2.24) is 5.32 Å². The van der Waals surface area contributed by atoms with Crippen LogP contribution in [0.4, 0.5) is 0 Å². The van der Waals surface area contributed by atoms with Crippen LogP contribution in [-0.2, 0) is 4.74 Å². The van der Waals surface area contributed by atoms with Crippen molar-refractivity contribution < 1.29 is 4.74 Å². The molecule has 0 amide bonds. The van der Waals surface area contributed by atoms with Gasteiger partial charge in [-0.15, -0.1) is 0 Å². The Morgan fingerprint density at radius 2 is 2.12 bits per heavy atom. The van der Waals surface area contributed by atoms with Gasteiger partial charge in [-0.2, -0.15) is 0 Å². The average Bonchev–Trinajstić information content (AvgIpc) is 2.79. The maximum Gasteiger partial charge on any atom is 0.0576 e. The molecule has 0 bridgehead atoms. The Morgan fingerprint density at radius 3 is 2.82 bits per heavy atom. The fourth-order valence-electron chi connectivity index (χ4n) is 2.15. The predicted octanol–water partition coefficient (Wildman–Crippen LogP) is 3.53. The van der Waals surface area contributed by atoms with Crippen molar-refractivity contribution >= 4 is 0 Å². The normalized spacial score (nSPS) is 20.8.